The summed E-state index contributed by atoms with van der Waals surface area (Å²) in [4.78, 5) is 19.2. The van der Waals surface area contributed by atoms with Crippen molar-refractivity contribution in [1.82, 2.24) is 9.97 Å². The smallest absolute Gasteiger partial charge is 0.264 e. The lowest BCUT2D eigenvalue weighted by Crippen LogP contribution is -2.17. The van der Waals surface area contributed by atoms with E-state index < -0.39 is 0 Å². The second-order valence-electron chi connectivity index (χ2n) is 4.31. The van der Waals surface area contributed by atoms with Gasteiger partial charge in [-0.3, -0.25) is 4.79 Å². The number of benzene rings is 1. The molecule has 0 saturated carbocycles. The van der Waals surface area contributed by atoms with Crippen molar-refractivity contribution in [2.75, 3.05) is 14.2 Å². The van der Waals surface area contributed by atoms with E-state index in [-0.39, 0.29) is 5.56 Å². The number of rotatable bonds is 4. The summed E-state index contributed by atoms with van der Waals surface area (Å²) in [6.45, 7) is 2.27. The van der Waals surface area contributed by atoms with Gasteiger partial charge in [0.05, 0.1) is 25.0 Å². The van der Waals surface area contributed by atoms with Gasteiger partial charge < -0.3 is 14.5 Å². The van der Waals surface area contributed by atoms with Gasteiger partial charge in [0.2, 0.25) is 0 Å². The molecule has 0 amide bonds. The Morgan fingerprint density at radius 2 is 2.10 bits per heavy atom. The van der Waals surface area contributed by atoms with Gasteiger partial charge in [-0.1, -0.05) is 6.07 Å². The first-order chi connectivity index (χ1) is 9.56. The van der Waals surface area contributed by atoms with E-state index >= 15 is 0 Å². The number of aromatic amines is 1. The molecule has 2 aromatic rings. The zero-order valence-corrected chi connectivity index (χ0v) is 13.6. The minimum Gasteiger partial charge on any atom is -0.496 e. The Labute approximate surface area is 130 Å². The van der Waals surface area contributed by atoms with Crippen LogP contribution in [0.5, 0.6) is 5.75 Å². The van der Waals surface area contributed by atoms with Crippen molar-refractivity contribution in [3.8, 4) is 17.1 Å². The average molecular weight is 386 g/mol. The van der Waals surface area contributed by atoms with Crippen molar-refractivity contribution in [2.24, 2.45) is 0 Å². The lowest BCUT2D eigenvalue weighted by molar-refractivity contribution is 0.180. The highest BCUT2D eigenvalue weighted by molar-refractivity contribution is 14.1. The minimum atomic E-state index is -0.176. The molecule has 2 rings (SSSR count). The molecule has 5 nitrogen and oxygen atoms in total. The van der Waals surface area contributed by atoms with Gasteiger partial charge in [0.25, 0.3) is 5.56 Å². The molecule has 20 heavy (non-hydrogen) atoms. The van der Waals surface area contributed by atoms with E-state index in [1.165, 1.54) is 0 Å². The maximum atomic E-state index is 12.0. The summed E-state index contributed by atoms with van der Waals surface area (Å²) in [5.41, 5.74) is 2.28. The van der Waals surface area contributed by atoms with Crippen molar-refractivity contribution in [2.45, 2.75) is 13.5 Å². The van der Waals surface area contributed by atoms with Gasteiger partial charge in [-0.15, -0.1) is 0 Å². The van der Waals surface area contributed by atoms with Crippen molar-refractivity contribution in [1.29, 1.82) is 0 Å². The van der Waals surface area contributed by atoms with Gasteiger partial charge in [-0.2, -0.15) is 0 Å². The standard InChI is InChI=1S/C14H15IN2O3/c1-8-4-5-9(11(6-8)20-3)13-16-10(7-19-2)12(15)14(18)17-13/h4-6H,7H2,1-3H3,(H,16,17,18). The molecular formula is C14H15IN2O3. The normalized spacial score (nSPS) is 10.6. The Bertz CT molecular complexity index is 683. The van der Waals surface area contributed by atoms with E-state index in [1.807, 2.05) is 47.7 Å². The maximum absolute atomic E-state index is 12.0. The van der Waals surface area contributed by atoms with Crippen LogP contribution in [0, 0.1) is 10.5 Å². The molecule has 0 aliphatic heterocycles. The molecule has 0 atom stereocenters. The Hall–Kier alpha value is -1.41. The third-order valence-electron chi connectivity index (χ3n) is 2.82. The molecular weight excluding hydrogens is 371 g/mol. The minimum absolute atomic E-state index is 0.176. The van der Waals surface area contributed by atoms with Crippen LogP contribution in [0.2, 0.25) is 0 Å². The quantitative estimate of drug-likeness (QED) is 0.821. The molecule has 0 saturated heterocycles. The van der Waals surface area contributed by atoms with Crippen LogP contribution in [0.3, 0.4) is 0 Å². The molecule has 1 N–H and O–H groups in total. The molecule has 0 aliphatic rings. The van der Waals surface area contributed by atoms with Crippen molar-refractivity contribution < 1.29 is 9.47 Å². The molecule has 0 aliphatic carbocycles. The third-order valence-corrected chi connectivity index (χ3v) is 3.94. The number of nitrogens with zero attached hydrogens (tertiary/aromatic N) is 1. The molecule has 0 bridgehead atoms. The highest BCUT2D eigenvalue weighted by Gasteiger charge is 2.13. The first kappa shape index (κ1) is 15.0. The Morgan fingerprint density at radius 1 is 1.35 bits per heavy atom. The topological polar surface area (TPSA) is 64.2 Å². The second-order valence-corrected chi connectivity index (χ2v) is 5.39. The molecule has 0 spiro atoms. The fraction of sp³-hybridized carbons (Fsp3) is 0.286. The van der Waals surface area contributed by atoms with E-state index in [2.05, 4.69) is 9.97 Å². The number of H-pyrrole nitrogens is 1. The molecule has 0 radical (unpaired) electrons. The number of hydrogen-bond acceptors (Lipinski definition) is 4. The third kappa shape index (κ3) is 3.01. The van der Waals surface area contributed by atoms with Crippen LogP contribution < -0.4 is 10.3 Å². The van der Waals surface area contributed by atoms with Gasteiger partial charge in [0.1, 0.15) is 15.1 Å². The molecule has 6 heteroatoms. The van der Waals surface area contributed by atoms with Crippen molar-refractivity contribution >= 4 is 22.6 Å². The van der Waals surface area contributed by atoms with Crippen molar-refractivity contribution in [3.63, 3.8) is 0 Å². The Morgan fingerprint density at radius 3 is 2.75 bits per heavy atom. The van der Waals surface area contributed by atoms with Crippen LogP contribution in [0.25, 0.3) is 11.4 Å². The average Bonchev–Trinajstić information content (AvgIpc) is 2.43. The zero-order chi connectivity index (χ0) is 14.7. The van der Waals surface area contributed by atoms with Crippen LogP contribution in [0.15, 0.2) is 23.0 Å². The fourth-order valence-corrected chi connectivity index (χ4v) is 2.27. The Balaban J connectivity index is 2.61. The van der Waals surface area contributed by atoms with Gasteiger partial charge in [0, 0.05) is 7.11 Å². The number of ether oxygens (including phenoxy) is 2. The van der Waals surface area contributed by atoms with Crippen LogP contribution in [-0.2, 0) is 11.3 Å². The molecule has 1 aromatic heterocycles. The van der Waals surface area contributed by atoms with E-state index in [0.29, 0.717) is 27.4 Å². The molecule has 106 valence electrons. The summed E-state index contributed by atoms with van der Waals surface area (Å²) in [6.07, 6.45) is 0. The zero-order valence-electron chi connectivity index (χ0n) is 11.5. The number of aryl methyl sites for hydroxylation is 1. The predicted molar refractivity (Wildman–Crippen MR) is 85.0 cm³/mol. The van der Waals surface area contributed by atoms with E-state index in [9.17, 15) is 4.79 Å². The SMILES string of the molecule is COCc1nc(-c2ccc(C)cc2OC)[nH]c(=O)c1I. The number of aromatic nitrogens is 2. The van der Waals surface area contributed by atoms with Gasteiger partial charge >= 0.3 is 0 Å². The van der Waals surface area contributed by atoms with Gasteiger partial charge in [-0.25, -0.2) is 4.98 Å². The van der Waals surface area contributed by atoms with Crippen LogP contribution >= 0.6 is 22.6 Å². The van der Waals surface area contributed by atoms with Crippen LogP contribution in [0.1, 0.15) is 11.3 Å². The Kier molecular flexibility index (Phi) is 4.77. The summed E-state index contributed by atoms with van der Waals surface area (Å²) >= 11 is 1.97. The van der Waals surface area contributed by atoms with Crippen LogP contribution in [-0.4, -0.2) is 24.2 Å². The molecule has 0 fully saturated rings. The van der Waals surface area contributed by atoms with E-state index in [1.54, 1.807) is 14.2 Å². The van der Waals surface area contributed by atoms with Gasteiger partial charge in [-0.05, 0) is 47.2 Å². The highest BCUT2D eigenvalue weighted by Crippen LogP contribution is 2.28. The van der Waals surface area contributed by atoms with Gasteiger partial charge in [0.15, 0.2) is 0 Å². The summed E-state index contributed by atoms with van der Waals surface area (Å²) in [7, 11) is 3.17. The van der Waals surface area contributed by atoms with E-state index in [0.717, 1.165) is 11.1 Å². The van der Waals surface area contributed by atoms with Crippen molar-refractivity contribution in [3.05, 3.63) is 43.4 Å². The molecule has 1 heterocycles. The predicted octanol–water partition coefficient (Wildman–Crippen LogP) is 2.50. The molecule has 1 aromatic carbocycles. The first-order valence-electron chi connectivity index (χ1n) is 5.99. The lowest BCUT2D eigenvalue weighted by Gasteiger charge is -2.10. The van der Waals surface area contributed by atoms with E-state index in [4.69, 9.17) is 9.47 Å². The van der Waals surface area contributed by atoms with Crippen LogP contribution in [0.4, 0.5) is 0 Å². The number of halogens is 1. The lowest BCUT2D eigenvalue weighted by atomic mass is 10.1. The number of methoxy groups -OCH3 is 2. The summed E-state index contributed by atoms with van der Waals surface area (Å²) in [5.74, 6) is 1.16. The monoisotopic (exact) mass is 386 g/mol. The summed E-state index contributed by atoms with van der Waals surface area (Å²) in [6, 6.07) is 5.74. The summed E-state index contributed by atoms with van der Waals surface area (Å²) in [5, 5.41) is 0. The highest BCUT2D eigenvalue weighted by atomic mass is 127. The second kappa shape index (κ2) is 6.36. The first-order valence-corrected chi connectivity index (χ1v) is 7.07. The molecule has 0 unspecified atom stereocenters. The summed E-state index contributed by atoms with van der Waals surface area (Å²) < 4.78 is 11.0. The fourth-order valence-electron chi connectivity index (χ4n) is 1.86. The maximum Gasteiger partial charge on any atom is 0.264 e. The largest absolute Gasteiger partial charge is 0.496 e. The number of hydrogen-bond donors (Lipinski definition) is 1. The number of nitrogens with one attached hydrogen (secondary N) is 1.